The van der Waals surface area contributed by atoms with Gasteiger partial charge in [-0.2, -0.15) is 0 Å². The van der Waals surface area contributed by atoms with Gasteiger partial charge in [-0.3, -0.25) is 4.79 Å². The van der Waals surface area contributed by atoms with Crippen molar-refractivity contribution in [2.24, 2.45) is 0 Å². The Balaban J connectivity index is 2.17. The summed E-state index contributed by atoms with van der Waals surface area (Å²) in [7, 11) is 0. The summed E-state index contributed by atoms with van der Waals surface area (Å²) in [6.07, 6.45) is 5.07. The number of hydrogen-bond acceptors (Lipinski definition) is 2. The molecule has 0 aliphatic carbocycles. The van der Waals surface area contributed by atoms with E-state index < -0.39 is 0 Å². The van der Waals surface area contributed by atoms with Gasteiger partial charge in [0.2, 0.25) is 5.91 Å². The second-order valence-electron chi connectivity index (χ2n) is 5.38. The molecule has 1 unspecified atom stereocenters. The van der Waals surface area contributed by atoms with E-state index in [2.05, 4.69) is 36.5 Å². The van der Waals surface area contributed by atoms with Crippen LogP contribution in [0.15, 0.2) is 24.3 Å². The molecule has 1 rings (SSSR count). The lowest BCUT2D eigenvalue weighted by atomic mass is 10.1. The molecule has 0 heterocycles. The van der Waals surface area contributed by atoms with Crippen molar-refractivity contribution >= 4 is 5.91 Å². The number of benzene rings is 1. The number of aliphatic hydroxyl groups excluding tert-OH is 1. The third-order valence-corrected chi connectivity index (χ3v) is 3.58. The molecule has 1 aromatic carbocycles. The van der Waals surface area contributed by atoms with Crippen molar-refractivity contribution in [1.29, 1.82) is 0 Å². The first-order valence-corrected chi connectivity index (χ1v) is 7.61. The Morgan fingerprint density at radius 3 is 2.55 bits per heavy atom. The van der Waals surface area contributed by atoms with E-state index in [4.69, 9.17) is 5.11 Å². The van der Waals surface area contributed by atoms with E-state index in [0.29, 0.717) is 12.8 Å². The van der Waals surface area contributed by atoms with E-state index >= 15 is 0 Å². The molecular formula is C17H27NO2. The van der Waals surface area contributed by atoms with E-state index in [1.54, 1.807) is 0 Å². The normalized spacial score (nSPS) is 12.2. The third-order valence-electron chi connectivity index (χ3n) is 3.58. The molecule has 0 bridgehead atoms. The molecule has 0 saturated heterocycles. The van der Waals surface area contributed by atoms with Crippen LogP contribution in [0.5, 0.6) is 0 Å². The van der Waals surface area contributed by atoms with Crippen molar-refractivity contribution < 1.29 is 9.90 Å². The number of unbranched alkanes of at least 4 members (excludes halogenated alkanes) is 1. The van der Waals surface area contributed by atoms with Crippen LogP contribution in [0.2, 0.25) is 0 Å². The second kappa shape index (κ2) is 9.54. The van der Waals surface area contributed by atoms with Gasteiger partial charge >= 0.3 is 0 Å². The number of hydrogen-bond donors (Lipinski definition) is 2. The number of carbonyl (C=O) groups excluding carboxylic acids is 1. The molecule has 1 aromatic rings. The van der Waals surface area contributed by atoms with Gasteiger partial charge in [-0.25, -0.2) is 0 Å². The fourth-order valence-corrected chi connectivity index (χ4v) is 2.20. The van der Waals surface area contributed by atoms with Gasteiger partial charge in [0.1, 0.15) is 0 Å². The molecule has 3 nitrogen and oxygen atoms in total. The van der Waals surface area contributed by atoms with Crippen LogP contribution in [0.3, 0.4) is 0 Å². The fraction of sp³-hybridized carbons (Fsp3) is 0.588. The minimum atomic E-state index is 0.106. The van der Waals surface area contributed by atoms with E-state index in [9.17, 15) is 4.79 Å². The van der Waals surface area contributed by atoms with Gasteiger partial charge in [0, 0.05) is 19.1 Å². The summed E-state index contributed by atoms with van der Waals surface area (Å²) in [4.78, 5) is 11.8. The summed E-state index contributed by atoms with van der Waals surface area (Å²) in [5.41, 5.74) is 2.62. The first-order chi connectivity index (χ1) is 9.65. The first kappa shape index (κ1) is 16.7. The predicted molar refractivity (Wildman–Crippen MR) is 82.7 cm³/mol. The number of carbonyl (C=O) groups is 1. The molecule has 3 heteroatoms. The lowest BCUT2D eigenvalue weighted by Crippen LogP contribution is -2.34. The van der Waals surface area contributed by atoms with Crippen molar-refractivity contribution in [2.45, 2.75) is 58.4 Å². The third kappa shape index (κ3) is 6.71. The molecule has 0 aromatic heterocycles. The van der Waals surface area contributed by atoms with Crippen molar-refractivity contribution in [2.75, 3.05) is 6.61 Å². The Bertz CT molecular complexity index is 386. The van der Waals surface area contributed by atoms with Crippen LogP contribution in [-0.2, 0) is 11.2 Å². The predicted octanol–water partition coefficient (Wildman–Crippen LogP) is 2.99. The van der Waals surface area contributed by atoms with Gasteiger partial charge in [0.05, 0.1) is 0 Å². The van der Waals surface area contributed by atoms with Gasteiger partial charge in [0.25, 0.3) is 0 Å². The Morgan fingerprint density at radius 1 is 1.25 bits per heavy atom. The molecule has 0 aliphatic heterocycles. The SMILES string of the molecule is CCC(CCO)NC(=O)CCCCc1ccc(C)cc1. The number of nitrogens with one attached hydrogen (secondary N) is 1. The number of aryl methyl sites for hydroxylation is 2. The zero-order chi connectivity index (χ0) is 14.8. The summed E-state index contributed by atoms with van der Waals surface area (Å²) in [5, 5.41) is 11.9. The zero-order valence-electron chi connectivity index (χ0n) is 12.7. The highest BCUT2D eigenvalue weighted by Gasteiger charge is 2.09. The minimum absolute atomic E-state index is 0.106. The van der Waals surface area contributed by atoms with Crippen molar-refractivity contribution in [3.8, 4) is 0 Å². The number of amides is 1. The van der Waals surface area contributed by atoms with Crippen molar-refractivity contribution in [3.63, 3.8) is 0 Å². The van der Waals surface area contributed by atoms with Gasteiger partial charge < -0.3 is 10.4 Å². The molecule has 112 valence electrons. The zero-order valence-corrected chi connectivity index (χ0v) is 12.7. The summed E-state index contributed by atoms with van der Waals surface area (Å²) >= 11 is 0. The van der Waals surface area contributed by atoms with Crippen LogP contribution < -0.4 is 5.32 Å². The fourth-order valence-electron chi connectivity index (χ4n) is 2.20. The maximum absolute atomic E-state index is 11.8. The summed E-state index contributed by atoms with van der Waals surface area (Å²) in [6.45, 7) is 4.24. The Morgan fingerprint density at radius 2 is 1.95 bits per heavy atom. The maximum atomic E-state index is 11.8. The molecule has 1 atom stereocenters. The Hall–Kier alpha value is -1.35. The summed E-state index contributed by atoms with van der Waals surface area (Å²) in [6, 6.07) is 8.68. The highest BCUT2D eigenvalue weighted by Crippen LogP contribution is 2.08. The highest BCUT2D eigenvalue weighted by atomic mass is 16.3. The Labute approximate surface area is 122 Å². The highest BCUT2D eigenvalue weighted by molar-refractivity contribution is 5.76. The van der Waals surface area contributed by atoms with Crippen LogP contribution in [-0.4, -0.2) is 23.7 Å². The molecule has 0 aliphatic rings. The molecule has 0 spiro atoms. The molecular weight excluding hydrogens is 250 g/mol. The van der Waals surface area contributed by atoms with E-state index in [1.165, 1.54) is 11.1 Å². The average molecular weight is 277 g/mol. The van der Waals surface area contributed by atoms with Crippen molar-refractivity contribution in [1.82, 2.24) is 5.32 Å². The molecule has 2 N–H and O–H groups in total. The summed E-state index contributed by atoms with van der Waals surface area (Å²) < 4.78 is 0. The monoisotopic (exact) mass is 277 g/mol. The maximum Gasteiger partial charge on any atom is 0.220 e. The lowest BCUT2D eigenvalue weighted by Gasteiger charge is -2.15. The van der Waals surface area contributed by atoms with Crippen LogP contribution in [0, 0.1) is 6.92 Å². The molecule has 0 fully saturated rings. The molecule has 0 radical (unpaired) electrons. The largest absolute Gasteiger partial charge is 0.396 e. The van der Waals surface area contributed by atoms with Gasteiger partial charge in [-0.15, -0.1) is 0 Å². The van der Waals surface area contributed by atoms with Crippen molar-refractivity contribution in [3.05, 3.63) is 35.4 Å². The van der Waals surface area contributed by atoms with E-state index in [0.717, 1.165) is 25.7 Å². The van der Waals surface area contributed by atoms with E-state index in [1.807, 2.05) is 6.92 Å². The van der Waals surface area contributed by atoms with Crippen LogP contribution in [0.4, 0.5) is 0 Å². The molecule has 0 saturated carbocycles. The molecule has 1 amide bonds. The standard InChI is InChI=1S/C17H27NO2/c1-3-16(12-13-19)18-17(20)7-5-4-6-15-10-8-14(2)9-11-15/h8-11,16,19H,3-7,12-13H2,1-2H3,(H,18,20). The topological polar surface area (TPSA) is 49.3 Å². The minimum Gasteiger partial charge on any atom is -0.396 e. The second-order valence-corrected chi connectivity index (χ2v) is 5.38. The average Bonchev–Trinajstić information content (AvgIpc) is 2.45. The smallest absolute Gasteiger partial charge is 0.220 e. The van der Waals surface area contributed by atoms with Crippen LogP contribution in [0.25, 0.3) is 0 Å². The number of aliphatic hydroxyl groups is 1. The van der Waals surface area contributed by atoms with Gasteiger partial charge in [-0.05, 0) is 44.6 Å². The molecule has 20 heavy (non-hydrogen) atoms. The van der Waals surface area contributed by atoms with Gasteiger partial charge in [0.15, 0.2) is 0 Å². The van der Waals surface area contributed by atoms with Crippen LogP contribution in [0.1, 0.15) is 50.2 Å². The lowest BCUT2D eigenvalue weighted by molar-refractivity contribution is -0.122. The summed E-state index contributed by atoms with van der Waals surface area (Å²) in [5.74, 6) is 0.106. The Kier molecular flexibility index (Phi) is 7.97. The quantitative estimate of drug-likeness (QED) is 0.682. The number of rotatable bonds is 9. The van der Waals surface area contributed by atoms with Gasteiger partial charge in [-0.1, -0.05) is 36.8 Å². The van der Waals surface area contributed by atoms with E-state index in [-0.39, 0.29) is 18.6 Å². The van der Waals surface area contributed by atoms with Crippen LogP contribution >= 0.6 is 0 Å². The first-order valence-electron chi connectivity index (χ1n) is 7.61.